The van der Waals surface area contributed by atoms with E-state index in [4.69, 9.17) is 5.11 Å². The van der Waals surface area contributed by atoms with Crippen LogP contribution in [0.25, 0.3) is 22.2 Å². The molecule has 2 aromatic carbocycles. The largest absolute Gasteiger partial charge is 0.392 e. The topological polar surface area (TPSA) is 50.9 Å². The molecule has 1 aromatic heterocycles. The minimum atomic E-state index is 0.0595. The number of nitrogens with zero attached hydrogens (tertiary/aromatic N) is 3. The first-order valence-electron chi connectivity index (χ1n) is 7.32. The van der Waals surface area contributed by atoms with Crippen molar-refractivity contribution < 1.29 is 5.11 Å². The summed E-state index contributed by atoms with van der Waals surface area (Å²) in [5.74, 6) is 0.523. The molecule has 114 valence electrons. The van der Waals surface area contributed by atoms with Crippen LogP contribution in [-0.4, -0.2) is 20.1 Å². The second-order valence-corrected chi connectivity index (χ2v) is 6.61. The highest BCUT2D eigenvalue weighted by Gasteiger charge is 2.13. The Labute approximate surface area is 137 Å². The molecule has 1 N–H and O–H groups in total. The predicted octanol–water partition coefficient (Wildman–Crippen LogP) is 4.01. The number of fused-ring (bicyclic) bond motifs is 1. The highest BCUT2D eigenvalue weighted by Crippen LogP contribution is 2.33. The highest BCUT2D eigenvalue weighted by atomic mass is 79.9. The SMILES string of the molecule is CC(C)Cn1nnc2c(Br)c(-c3ccc(CO)cc3)ccc21. The van der Waals surface area contributed by atoms with Crippen molar-refractivity contribution in [2.24, 2.45) is 5.92 Å². The van der Waals surface area contributed by atoms with Gasteiger partial charge >= 0.3 is 0 Å². The second-order valence-electron chi connectivity index (χ2n) is 5.82. The van der Waals surface area contributed by atoms with Gasteiger partial charge in [0.05, 0.1) is 16.6 Å². The Kier molecular flexibility index (Phi) is 4.27. The van der Waals surface area contributed by atoms with E-state index in [1.807, 2.05) is 28.9 Å². The molecule has 4 nitrogen and oxygen atoms in total. The Balaban J connectivity index is 2.06. The average Bonchev–Trinajstić information content (AvgIpc) is 2.91. The van der Waals surface area contributed by atoms with Gasteiger partial charge in [0.1, 0.15) is 5.52 Å². The molecule has 0 bridgehead atoms. The lowest BCUT2D eigenvalue weighted by atomic mass is 10.0. The van der Waals surface area contributed by atoms with Gasteiger partial charge in [0.25, 0.3) is 0 Å². The van der Waals surface area contributed by atoms with Crippen molar-refractivity contribution in [1.82, 2.24) is 15.0 Å². The third-order valence-electron chi connectivity index (χ3n) is 3.61. The van der Waals surface area contributed by atoms with E-state index in [-0.39, 0.29) is 6.61 Å². The summed E-state index contributed by atoms with van der Waals surface area (Å²) in [7, 11) is 0. The first-order valence-corrected chi connectivity index (χ1v) is 8.11. The molecular weight excluding hydrogens is 342 g/mol. The molecule has 0 radical (unpaired) electrons. The van der Waals surface area contributed by atoms with Crippen molar-refractivity contribution in [3.8, 4) is 11.1 Å². The van der Waals surface area contributed by atoms with Crippen molar-refractivity contribution in [3.63, 3.8) is 0 Å². The number of aromatic nitrogens is 3. The molecule has 1 heterocycles. The minimum Gasteiger partial charge on any atom is -0.392 e. The monoisotopic (exact) mass is 359 g/mol. The van der Waals surface area contributed by atoms with Gasteiger partial charge in [-0.1, -0.05) is 49.4 Å². The van der Waals surface area contributed by atoms with E-state index in [0.29, 0.717) is 5.92 Å². The van der Waals surface area contributed by atoms with Crippen LogP contribution in [0.3, 0.4) is 0 Å². The van der Waals surface area contributed by atoms with Gasteiger partial charge in [-0.05, 0) is 44.6 Å². The van der Waals surface area contributed by atoms with Crippen LogP contribution in [0.1, 0.15) is 19.4 Å². The predicted molar refractivity (Wildman–Crippen MR) is 91.4 cm³/mol. The fraction of sp³-hybridized carbons (Fsp3) is 0.294. The van der Waals surface area contributed by atoms with Gasteiger partial charge in [0.15, 0.2) is 0 Å². The number of aliphatic hydroxyl groups excluding tert-OH is 1. The molecule has 0 amide bonds. The van der Waals surface area contributed by atoms with Crippen LogP contribution in [0.5, 0.6) is 0 Å². The van der Waals surface area contributed by atoms with Crippen LogP contribution >= 0.6 is 15.9 Å². The first kappa shape index (κ1) is 15.2. The molecular formula is C17H18BrN3O. The number of aliphatic hydroxyl groups is 1. The van der Waals surface area contributed by atoms with E-state index in [0.717, 1.165) is 38.7 Å². The molecule has 0 spiro atoms. The molecule has 0 unspecified atom stereocenters. The molecule has 3 rings (SSSR count). The van der Waals surface area contributed by atoms with Gasteiger partial charge in [0, 0.05) is 6.54 Å². The van der Waals surface area contributed by atoms with E-state index in [2.05, 4.69) is 52.2 Å². The fourth-order valence-corrected chi connectivity index (χ4v) is 3.14. The zero-order valence-electron chi connectivity index (χ0n) is 12.6. The number of halogens is 1. The van der Waals surface area contributed by atoms with Crippen molar-refractivity contribution >= 4 is 27.0 Å². The standard InChI is InChI=1S/C17H18BrN3O/c1-11(2)9-21-15-8-7-14(16(18)17(15)19-20-21)13-5-3-12(10-22)4-6-13/h3-8,11,22H,9-10H2,1-2H3. The number of hydrogen-bond donors (Lipinski definition) is 1. The molecule has 0 fully saturated rings. The third-order valence-corrected chi connectivity index (χ3v) is 4.41. The lowest BCUT2D eigenvalue weighted by Gasteiger charge is -2.08. The van der Waals surface area contributed by atoms with Gasteiger partial charge < -0.3 is 5.11 Å². The van der Waals surface area contributed by atoms with Crippen molar-refractivity contribution in [2.75, 3.05) is 0 Å². The van der Waals surface area contributed by atoms with Crippen molar-refractivity contribution in [1.29, 1.82) is 0 Å². The third kappa shape index (κ3) is 2.78. The minimum absolute atomic E-state index is 0.0595. The van der Waals surface area contributed by atoms with Crippen LogP contribution in [0.2, 0.25) is 0 Å². The van der Waals surface area contributed by atoms with Gasteiger partial charge in [-0.25, -0.2) is 4.68 Å². The maximum atomic E-state index is 9.14. The number of rotatable bonds is 4. The maximum absolute atomic E-state index is 9.14. The van der Waals surface area contributed by atoms with E-state index >= 15 is 0 Å². The Hall–Kier alpha value is -1.72. The number of benzene rings is 2. The molecule has 0 saturated carbocycles. The highest BCUT2D eigenvalue weighted by molar-refractivity contribution is 9.10. The molecule has 0 aliphatic carbocycles. The number of hydrogen-bond acceptors (Lipinski definition) is 3. The Morgan fingerprint density at radius 1 is 1.14 bits per heavy atom. The van der Waals surface area contributed by atoms with E-state index in [9.17, 15) is 0 Å². The lowest BCUT2D eigenvalue weighted by molar-refractivity contribution is 0.282. The fourth-order valence-electron chi connectivity index (χ4n) is 2.50. The van der Waals surface area contributed by atoms with Gasteiger partial charge in [-0.15, -0.1) is 5.10 Å². The molecule has 0 saturated heterocycles. The van der Waals surface area contributed by atoms with Crippen LogP contribution in [0.15, 0.2) is 40.9 Å². The second kappa shape index (κ2) is 6.18. The Bertz CT molecular complexity index is 794. The van der Waals surface area contributed by atoms with E-state index in [1.54, 1.807) is 0 Å². The van der Waals surface area contributed by atoms with E-state index in [1.165, 1.54) is 0 Å². The van der Waals surface area contributed by atoms with Crippen LogP contribution < -0.4 is 0 Å². The molecule has 22 heavy (non-hydrogen) atoms. The van der Waals surface area contributed by atoms with Crippen molar-refractivity contribution in [3.05, 3.63) is 46.4 Å². The smallest absolute Gasteiger partial charge is 0.127 e. The summed E-state index contributed by atoms with van der Waals surface area (Å²) in [5.41, 5.74) is 4.99. The van der Waals surface area contributed by atoms with E-state index < -0.39 is 0 Å². The molecule has 0 aliphatic rings. The zero-order chi connectivity index (χ0) is 15.7. The molecule has 0 atom stereocenters. The maximum Gasteiger partial charge on any atom is 0.127 e. The molecule has 3 aromatic rings. The van der Waals surface area contributed by atoms with Crippen LogP contribution in [-0.2, 0) is 13.2 Å². The summed E-state index contributed by atoms with van der Waals surface area (Å²) >= 11 is 3.67. The summed E-state index contributed by atoms with van der Waals surface area (Å²) < 4.78 is 2.90. The average molecular weight is 360 g/mol. The summed E-state index contributed by atoms with van der Waals surface area (Å²) in [4.78, 5) is 0. The lowest BCUT2D eigenvalue weighted by Crippen LogP contribution is -2.05. The van der Waals surface area contributed by atoms with Gasteiger partial charge in [0.2, 0.25) is 0 Å². The Morgan fingerprint density at radius 2 is 1.86 bits per heavy atom. The summed E-state index contributed by atoms with van der Waals surface area (Å²) in [6.07, 6.45) is 0. The van der Waals surface area contributed by atoms with Crippen LogP contribution in [0.4, 0.5) is 0 Å². The quantitative estimate of drug-likeness (QED) is 0.765. The molecule has 0 aliphatic heterocycles. The van der Waals surface area contributed by atoms with Crippen LogP contribution in [0, 0.1) is 5.92 Å². The molecule has 5 heteroatoms. The van der Waals surface area contributed by atoms with Gasteiger partial charge in [-0.3, -0.25) is 0 Å². The van der Waals surface area contributed by atoms with Crippen molar-refractivity contribution in [2.45, 2.75) is 27.0 Å². The van der Waals surface area contributed by atoms with Gasteiger partial charge in [-0.2, -0.15) is 0 Å². The zero-order valence-corrected chi connectivity index (χ0v) is 14.2. The Morgan fingerprint density at radius 3 is 2.50 bits per heavy atom. The summed E-state index contributed by atoms with van der Waals surface area (Å²) in [5, 5.41) is 17.7. The summed E-state index contributed by atoms with van der Waals surface area (Å²) in [6, 6.07) is 12.0. The summed E-state index contributed by atoms with van der Waals surface area (Å²) in [6.45, 7) is 5.25. The first-order chi connectivity index (χ1) is 10.6. The normalized spacial score (nSPS) is 11.5.